The zero-order valence-corrected chi connectivity index (χ0v) is 13.5. The molecule has 0 saturated carbocycles. The van der Waals surface area contributed by atoms with E-state index in [2.05, 4.69) is 0 Å². The van der Waals surface area contributed by atoms with Gasteiger partial charge in [-0.05, 0) is 17.4 Å². The van der Waals surface area contributed by atoms with Crippen LogP contribution >= 0.6 is 0 Å². The van der Waals surface area contributed by atoms with Crippen LogP contribution in [0.2, 0.25) is 0 Å². The lowest BCUT2D eigenvalue weighted by Gasteiger charge is -2.31. The predicted octanol–water partition coefficient (Wildman–Crippen LogP) is 2.64. The Hall–Kier alpha value is -1.88. The van der Waals surface area contributed by atoms with Crippen LogP contribution in [0.25, 0.3) is 0 Å². The third-order valence-electron chi connectivity index (χ3n) is 3.76. The maximum Gasteiger partial charge on any atom is 0.417 e. The molecule has 1 aliphatic rings. The van der Waals surface area contributed by atoms with Crippen molar-refractivity contribution >= 4 is 12.0 Å². The van der Waals surface area contributed by atoms with Crippen molar-refractivity contribution in [2.45, 2.75) is 39.3 Å². The maximum atomic E-state index is 12.7. The molecule has 1 heterocycles. The van der Waals surface area contributed by atoms with Gasteiger partial charge in [-0.25, -0.2) is 9.69 Å². The average molecular weight is 305 g/mol. The molecule has 1 aromatic carbocycles. The molecule has 120 valence electrons. The van der Waals surface area contributed by atoms with E-state index in [9.17, 15) is 9.59 Å². The molecule has 1 aromatic rings. The molecule has 5 heteroatoms. The second kappa shape index (κ2) is 6.48. The zero-order chi connectivity index (χ0) is 16.3. The first kappa shape index (κ1) is 16.5. The smallest absolute Gasteiger partial charge is 0.417 e. The van der Waals surface area contributed by atoms with E-state index >= 15 is 0 Å². The van der Waals surface area contributed by atoms with Crippen LogP contribution in [-0.2, 0) is 20.7 Å². The Morgan fingerprint density at radius 3 is 2.55 bits per heavy atom. The highest BCUT2D eigenvalue weighted by molar-refractivity contribution is 5.96. The number of carbonyl (C=O) groups excluding carboxylic acids is 2. The summed E-state index contributed by atoms with van der Waals surface area (Å²) in [6.07, 6.45) is -0.688. The summed E-state index contributed by atoms with van der Waals surface area (Å²) in [5.41, 5.74) is 0.666. The fraction of sp³-hybridized carbons (Fsp3) is 0.529. The maximum absolute atomic E-state index is 12.7. The standard InChI is InChI=1S/C17H23NO4/c1-17(2,3)14(21-4)15(19)18-13(11-22-16(18)20)10-12-8-6-5-7-9-12/h5-9,13-14H,10-11H2,1-4H3/t13-,14+/m0/s1. The summed E-state index contributed by atoms with van der Waals surface area (Å²) in [5, 5.41) is 0. The van der Waals surface area contributed by atoms with E-state index in [-0.39, 0.29) is 18.6 Å². The van der Waals surface area contributed by atoms with E-state index in [0.717, 1.165) is 5.56 Å². The molecule has 2 atom stereocenters. The minimum absolute atomic E-state index is 0.222. The van der Waals surface area contributed by atoms with Crippen LogP contribution in [0.3, 0.4) is 0 Å². The molecule has 1 fully saturated rings. The molecule has 1 aliphatic heterocycles. The Morgan fingerprint density at radius 2 is 2.00 bits per heavy atom. The minimum atomic E-state index is -0.684. The van der Waals surface area contributed by atoms with Gasteiger partial charge in [-0.3, -0.25) is 4.79 Å². The van der Waals surface area contributed by atoms with Gasteiger partial charge in [0, 0.05) is 7.11 Å². The second-order valence-electron chi connectivity index (χ2n) is 6.61. The van der Waals surface area contributed by atoms with Crippen LogP contribution in [0.1, 0.15) is 26.3 Å². The van der Waals surface area contributed by atoms with E-state index in [4.69, 9.17) is 9.47 Å². The molecule has 2 rings (SSSR count). The summed E-state index contributed by atoms with van der Waals surface area (Å²) < 4.78 is 10.4. The van der Waals surface area contributed by atoms with Gasteiger partial charge in [-0.2, -0.15) is 0 Å². The summed E-state index contributed by atoms with van der Waals surface area (Å²) in [7, 11) is 1.49. The molecule has 0 N–H and O–H groups in total. The van der Waals surface area contributed by atoms with Gasteiger partial charge in [0.1, 0.15) is 12.7 Å². The summed E-state index contributed by atoms with van der Waals surface area (Å²) >= 11 is 0. The molecule has 0 spiro atoms. The van der Waals surface area contributed by atoms with Crippen LogP contribution in [0, 0.1) is 5.41 Å². The van der Waals surface area contributed by atoms with E-state index in [1.54, 1.807) is 0 Å². The van der Waals surface area contributed by atoms with Gasteiger partial charge in [0.2, 0.25) is 0 Å². The first-order valence-corrected chi connectivity index (χ1v) is 7.41. The molecule has 0 unspecified atom stereocenters. The van der Waals surface area contributed by atoms with Gasteiger partial charge in [-0.1, -0.05) is 51.1 Å². The lowest BCUT2D eigenvalue weighted by molar-refractivity contribution is -0.146. The first-order valence-electron chi connectivity index (χ1n) is 7.41. The quantitative estimate of drug-likeness (QED) is 0.858. The number of nitrogens with zero attached hydrogens (tertiary/aromatic N) is 1. The minimum Gasteiger partial charge on any atom is -0.447 e. The molecule has 1 saturated heterocycles. The van der Waals surface area contributed by atoms with Crippen LogP contribution in [0.15, 0.2) is 30.3 Å². The number of cyclic esters (lactones) is 1. The van der Waals surface area contributed by atoms with Crippen molar-refractivity contribution in [3.05, 3.63) is 35.9 Å². The molecule has 0 aliphatic carbocycles. The third kappa shape index (κ3) is 3.47. The predicted molar refractivity (Wildman–Crippen MR) is 82.4 cm³/mol. The Morgan fingerprint density at radius 1 is 1.36 bits per heavy atom. The summed E-state index contributed by atoms with van der Waals surface area (Å²) in [6, 6.07) is 9.47. The summed E-state index contributed by atoms with van der Waals surface area (Å²) in [4.78, 5) is 25.9. The number of carbonyl (C=O) groups is 2. The number of hydrogen-bond acceptors (Lipinski definition) is 4. The highest BCUT2D eigenvalue weighted by Gasteiger charge is 2.44. The van der Waals surface area contributed by atoms with E-state index < -0.39 is 17.6 Å². The highest BCUT2D eigenvalue weighted by atomic mass is 16.6. The molecule has 22 heavy (non-hydrogen) atoms. The Labute approximate surface area is 131 Å². The van der Waals surface area contributed by atoms with E-state index in [1.807, 2.05) is 51.1 Å². The number of ether oxygens (including phenoxy) is 2. The molecule has 0 aromatic heterocycles. The van der Waals surface area contributed by atoms with Gasteiger partial charge < -0.3 is 9.47 Å². The number of hydrogen-bond donors (Lipinski definition) is 0. The highest BCUT2D eigenvalue weighted by Crippen LogP contribution is 2.27. The number of amides is 2. The molecule has 2 amide bonds. The van der Waals surface area contributed by atoms with Crippen molar-refractivity contribution in [2.24, 2.45) is 5.41 Å². The van der Waals surface area contributed by atoms with Gasteiger partial charge in [0.25, 0.3) is 5.91 Å². The third-order valence-corrected chi connectivity index (χ3v) is 3.76. The largest absolute Gasteiger partial charge is 0.447 e. The zero-order valence-electron chi connectivity index (χ0n) is 13.5. The number of imide groups is 1. The summed E-state index contributed by atoms with van der Waals surface area (Å²) in [6.45, 7) is 5.95. The monoisotopic (exact) mass is 305 g/mol. The first-order chi connectivity index (χ1) is 10.3. The number of methoxy groups -OCH3 is 1. The van der Waals surface area contributed by atoms with Crippen LogP contribution < -0.4 is 0 Å². The normalized spacial score (nSPS) is 19.9. The van der Waals surface area contributed by atoms with Gasteiger partial charge >= 0.3 is 6.09 Å². The topological polar surface area (TPSA) is 55.8 Å². The van der Waals surface area contributed by atoms with Gasteiger partial charge in [0.15, 0.2) is 0 Å². The average Bonchev–Trinajstić information content (AvgIpc) is 2.80. The van der Waals surface area contributed by atoms with E-state index in [0.29, 0.717) is 6.42 Å². The second-order valence-corrected chi connectivity index (χ2v) is 6.61. The SMILES string of the molecule is CO[C@H](C(=O)N1C(=O)OC[C@@H]1Cc1ccccc1)C(C)(C)C. The Balaban J connectivity index is 2.19. The van der Waals surface area contributed by atoms with Crippen molar-refractivity contribution in [1.82, 2.24) is 4.90 Å². The lowest BCUT2D eigenvalue weighted by Crippen LogP contribution is -2.50. The fourth-order valence-corrected chi connectivity index (χ4v) is 2.72. The lowest BCUT2D eigenvalue weighted by atomic mass is 9.87. The number of rotatable bonds is 4. The fourth-order valence-electron chi connectivity index (χ4n) is 2.72. The van der Waals surface area contributed by atoms with Crippen molar-refractivity contribution in [3.8, 4) is 0 Å². The van der Waals surface area contributed by atoms with E-state index in [1.165, 1.54) is 12.0 Å². The Bertz CT molecular complexity index is 535. The van der Waals surface area contributed by atoms with Crippen molar-refractivity contribution in [2.75, 3.05) is 13.7 Å². The Kier molecular flexibility index (Phi) is 4.86. The van der Waals surface area contributed by atoms with Crippen LogP contribution in [0.5, 0.6) is 0 Å². The molecular formula is C17H23NO4. The van der Waals surface area contributed by atoms with Crippen LogP contribution in [-0.4, -0.2) is 42.8 Å². The number of benzene rings is 1. The van der Waals surface area contributed by atoms with Crippen molar-refractivity contribution in [3.63, 3.8) is 0 Å². The molecular weight excluding hydrogens is 282 g/mol. The van der Waals surface area contributed by atoms with Gasteiger partial charge in [-0.15, -0.1) is 0 Å². The molecule has 0 bridgehead atoms. The molecule has 5 nitrogen and oxygen atoms in total. The molecule has 0 radical (unpaired) electrons. The van der Waals surface area contributed by atoms with Crippen molar-refractivity contribution < 1.29 is 19.1 Å². The van der Waals surface area contributed by atoms with Crippen LogP contribution in [0.4, 0.5) is 4.79 Å². The van der Waals surface area contributed by atoms with Crippen molar-refractivity contribution in [1.29, 1.82) is 0 Å². The summed E-state index contributed by atoms with van der Waals surface area (Å²) in [5.74, 6) is -0.335. The van der Waals surface area contributed by atoms with Gasteiger partial charge in [0.05, 0.1) is 6.04 Å².